The summed E-state index contributed by atoms with van der Waals surface area (Å²) in [7, 11) is 11.7. The van der Waals surface area contributed by atoms with Crippen LogP contribution in [-0.2, 0) is 4.84 Å². The molecule has 0 saturated carbocycles. The van der Waals surface area contributed by atoms with Gasteiger partial charge in [0.15, 0.2) is 0 Å². The highest BCUT2D eigenvalue weighted by molar-refractivity contribution is 6.40. The second-order valence-electron chi connectivity index (χ2n) is 4.63. The van der Waals surface area contributed by atoms with Crippen LogP contribution in [0.3, 0.4) is 0 Å². The molecule has 2 N–H and O–H groups in total. The highest BCUT2D eigenvalue weighted by atomic mass is 19.1. The molecule has 2 heterocycles. The predicted molar refractivity (Wildman–Crippen MR) is 52.8 cm³/mol. The van der Waals surface area contributed by atoms with E-state index in [2.05, 4.69) is 4.84 Å². The highest BCUT2D eigenvalue weighted by Gasteiger charge is 2.54. The molecule has 0 amide bonds. The molecule has 2 atom stereocenters. The number of halogens is 1. The number of nitrogens with zero attached hydrogens (tertiary/aromatic N) is 1. The van der Waals surface area contributed by atoms with Gasteiger partial charge in [-0.25, -0.2) is 10.3 Å². The maximum atomic E-state index is 13.2. The summed E-state index contributed by atoms with van der Waals surface area (Å²) in [5.41, 5.74) is -0.377. The van der Waals surface area contributed by atoms with Gasteiger partial charge in [0.1, 0.15) is 6.17 Å². The summed E-state index contributed by atoms with van der Waals surface area (Å²) >= 11 is 0. The molecule has 14 heavy (non-hydrogen) atoms. The summed E-state index contributed by atoms with van der Waals surface area (Å²) < 4.78 is 13.2. The summed E-state index contributed by atoms with van der Waals surface area (Å²) in [4.78, 5) is 6.62. The quantitative estimate of drug-likeness (QED) is 0.476. The Morgan fingerprint density at radius 3 is 2.93 bits per heavy atom. The largest absolute Gasteiger partial charge is 0.303 e. The van der Waals surface area contributed by atoms with Gasteiger partial charge in [-0.2, -0.15) is 0 Å². The van der Waals surface area contributed by atoms with Gasteiger partial charge in [-0.05, 0) is 13.0 Å². The van der Waals surface area contributed by atoms with Gasteiger partial charge in [0.2, 0.25) is 0 Å². The van der Waals surface area contributed by atoms with E-state index in [1.54, 1.807) is 0 Å². The Hall–Kier alpha value is -0.0601. The van der Waals surface area contributed by atoms with Crippen molar-refractivity contribution in [2.24, 2.45) is 5.90 Å². The lowest BCUT2D eigenvalue weighted by molar-refractivity contribution is 0.0348. The van der Waals surface area contributed by atoms with Gasteiger partial charge in [0.25, 0.3) is 0 Å². The minimum atomic E-state index is -0.818. The molecule has 2 fully saturated rings. The zero-order valence-corrected chi connectivity index (χ0v) is 8.08. The molecule has 2 aliphatic heterocycles. The average molecular weight is 194 g/mol. The normalized spacial score (nSPS) is 41.4. The molecular formula is C8H13B2FN2O. The fourth-order valence-corrected chi connectivity index (χ4v) is 2.84. The Kier molecular flexibility index (Phi) is 2.40. The molecule has 0 aromatic carbocycles. The van der Waals surface area contributed by atoms with E-state index in [0.29, 0.717) is 32.5 Å². The summed E-state index contributed by atoms with van der Waals surface area (Å²) in [5, 5.41) is -0.737. The number of hydrogen-bond donors (Lipinski definition) is 1. The first-order chi connectivity index (χ1) is 6.47. The number of hydrogen-bond acceptors (Lipinski definition) is 3. The fourth-order valence-electron chi connectivity index (χ4n) is 2.84. The molecule has 0 aromatic rings. The van der Waals surface area contributed by atoms with Crippen molar-refractivity contribution in [3.63, 3.8) is 0 Å². The molecule has 0 spiro atoms. The van der Waals surface area contributed by atoms with Gasteiger partial charge in [0, 0.05) is 18.5 Å². The average Bonchev–Trinajstić information content (AvgIpc) is 2.35. The van der Waals surface area contributed by atoms with Crippen LogP contribution in [0.1, 0.15) is 12.8 Å². The number of alkyl halides is 1. The summed E-state index contributed by atoms with van der Waals surface area (Å²) in [6.45, 7) is 1.19. The Morgan fingerprint density at radius 2 is 2.29 bits per heavy atom. The van der Waals surface area contributed by atoms with Crippen LogP contribution in [0, 0.1) is 0 Å². The van der Waals surface area contributed by atoms with E-state index in [1.165, 1.54) is 0 Å². The van der Waals surface area contributed by atoms with E-state index < -0.39 is 11.4 Å². The van der Waals surface area contributed by atoms with Crippen LogP contribution in [0.15, 0.2) is 0 Å². The van der Waals surface area contributed by atoms with Crippen LogP contribution < -0.4 is 5.90 Å². The predicted octanol–water partition coefficient (Wildman–Crippen LogP) is -0.484. The van der Waals surface area contributed by atoms with E-state index in [1.807, 2.05) is 4.90 Å². The Bertz CT molecular complexity index is 241. The van der Waals surface area contributed by atoms with Crippen molar-refractivity contribution in [3.05, 3.63) is 0 Å². The van der Waals surface area contributed by atoms with Crippen LogP contribution in [0.2, 0.25) is 5.21 Å². The molecular weight excluding hydrogens is 181 g/mol. The topological polar surface area (TPSA) is 38.5 Å². The van der Waals surface area contributed by atoms with Gasteiger partial charge >= 0.3 is 0 Å². The highest BCUT2D eigenvalue weighted by Crippen LogP contribution is 2.48. The van der Waals surface area contributed by atoms with Crippen molar-refractivity contribution in [2.75, 3.05) is 19.7 Å². The van der Waals surface area contributed by atoms with Crippen molar-refractivity contribution < 1.29 is 9.23 Å². The summed E-state index contributed by atoms with van der Waals surface area (Å²) in [6, 6.07) is 0. The molecule has 74 valence electrons. The van der Waals surface area contributed by atoms with Gasteiger partial charge in [-0.3, -0.25) is 4.90 Å². The number of rotatable bonds is 2. The lowest BCUT2D eigenvalue weighted by Crippen LogP contribution is -2.43. The molecule has 0 aliphatic carbocycles. The van der Waals surface area contributed by atoms with Crippen LogP contribution in [0.25, 0.3) is 0 Å². The molecule has 2 aliphatic rings. The molecule has 2 saturated heterocycles. The molecule has 0 aromatic heterocycles. The first kappa shape index (κ1) is 10.5. The Morgan fingerprint density at radius 1 is 1.57 bits per heavy atom. The maximum Gasteiger partial charge on any atom is 0.115 e. The zero-order valence-electron chi connectivity index (χ0n) is 8.08. The molecule has 2 rings (SSSR count). The third-order valence-electron chi connectivity index (χ3n) is 3.19. The summed E-state index contributed by atoms with van der Waals surface area (Å²) in [5.74, 6) is 5.06. The van der Waals surface area contributed by atoms with Crippen LogP contribution in [0.5, 0.6) is 0 Å². The van der Waals surface area contributed by atoms with Gasteiger partial charge < -0.3 is 4.84 Å². The lowest BCUT2D eigenvalue weighted by Gasteiger charge is -2.30. The van der Waals surface area contributed by atoms with Gasteiger partial charge in [-0.1, -0.05) is 5.21 Å². The van der Waals surface area contributed by atoms with Crippen molar-refractivity contribution in [2.45, 2.75) is 29.8 Å². The number of fused-ring (bicyclic) bond motifs is 1. The standard InChI is InChI=1S/C8H13B2FN2O/c9-8(10)3-7(5-14-12)1-6(11)2-13(7)4-8/h6H,1-5,12H2. The van der Waals surface area contributed by atoms with E-state index in [4.69, 9.17) is 21.6 Å². The number of nitrogens with two attached hydrogens (primary N) is 1. The SMILES string of the molecule is [B]C1([B])CN2CC(F)CC2(CON)C1. The van der Waals surface area contributed by atoms with Crippen molar-refractivity contribution >= 4 is 15.7 Å². The van der Waals surface area contributed by atoms with E-state index in [0.717, 1.165) is 0 Å². The van der Waals surface area contributed by atoms with Crippen molar-refractivity contribution in [1.29, 1.82) is 0 Å². The Labute approximate surface area is 85.9 Å². The van der Waals surface area contributed by atoms with Crippen LogP contribution >= 0.6 is 0 Å². The molecule has 0 bridgehead atoms. The van der Waals surface area contributed by atoms with Gasteiger partial charge in [0.05, 0.1) is 22.3 Å². The van der Waals surface area contributed by atoms with Crippen molar-refractivity contribution in [1.82, 2.24) is 4.90 Å². The molecule has 4 radical (unpaired) electrons. The fraction of sp³-hybridized carbons (Fsp3) is 1.00. The van der Waals surface area contributed by atoms with Gasteiger partial charge in [-0.15, -0.1) is 0 Å². The third-order valence-corrected chi connectivity index (χ3v) is 3.19. The second-order valence-corrected chi connectivity index (χ2v) is 4.63. The first-order valence-corrected chi connectivity index (χ1v) is 4.76. The first-order valence-electron chi connectivity index (χ1n) is 4.76. The molecule has 3 nitrogen and oxygen atoms in total. The second kappa shape index (κ2) is 3.22. The molecule has 6 heteroatoms. The third kappa shape index (κ3) is 1.59. The van der Waals surface area contributed by atoms with Crippen LogP contribution in [0.4, 0.5) is 4.39 Å². The monoisotopic (exact) mass is 194 g/mol. The van der Waals surface area contributed by atoms with E-state index >= 15 is 0 Å². The summed E-state index contributed by atoms with van der Waals surface area (Å²) in [6.07, 6.45) is 0.138. The minimum absolute atomic E-state index is 0.295. The van der Waals surface area contributed by atoms with Crippen LogP contribution in [-0.4, -0.2) is 52.0 Å². The molecule has 2 unspecified atom stereocenters. The lowest BCUT2D eigenvalue weighted by atomic mass is 9.52. The van der Waals surface area contributed by atoms with E-state index in [9.17, 15) is 4.39 Å². The Balaban J connectivity index is 2.17. The smallest absolute Gasteiger partial charge is 0.115 e. The van der Waals surface area contributed by atoms with E-state index in [-0.39, 0.29) is 5.54 Å². The zero-order chi connectivity index (χ0) is 10.4. The van der Waals surface area contributed by atoms with Crippen molar-refractivity contribution in [3.8, 4) is 0 Å². The minimum Gasteiger partial charge on any atom is -0.303 e. The maximum absolute atomic E-state index is 13.2.